The fourth-order valence-corrected chi connectivity index (χ4v) is 4.15. The molecule has 27 heavy (non-hydrogen) atoms. The highest BCUT2D eigenvalue weighted by molar-refractivity contribution is 7.89. The van der Waals surface area contributed by atoms with E-state index in [0.29, 0.717) is 12.8 Å². The summed E-state index contributed by atoms with van der Waals surface area (Å²) in [6.07, 6.45) is -4.31. The minimum atomic E-state index is -4.52. The maximum absolute atomic E-state index is 12.6. The molecule has 1 aromatic carbocycles. The van der Waals surface area contributed by atoms with Crippen LogP contribution in [0.2, 0.25) is 0 Å². The fourth-order valence-electron chi connectivity index (χ4n) is 2.68. The average Bonchev–Trinajstić information content (AvgIpc) is 2.53. The monoisotopic (exact) mass is 408 g/mol. The lowest BCUT2D eigenvalue weighted by molar-refractivity contribution is -0.137. The topological polar surface area (TPSA) is 75.7 Å². The van der Waals surface area contributed by atoms with Crippen LogP contribution in [0.4, 0.5) is 18.0 Å². The van der Waals surface area contributed by atoms with Gasteiger partial charge in [0.2, 0.25) is 10.0 Å². The van der Waals surface area contributed by atoms with E-state index in [1.165, 1.54) is 4.31 Å². The molecule has 0 bridgehead atoms. The van der Waals surface area contributed by atoms with E-state index in [1.807, 2.05) is 0 Å². The van der Waals surface area contributed by atoms with Crippen molar-refractivity contribution in [3.8, 4) is 0 Å². The molecule has 10 heteroatoms. The first kappa shape index (κ1) is 21.5. The minimum absolute atomic E-state index is 0.157. The Morgan fingerprint density at radius 3 is 2.07 bits per heavy atom. The molecule has 1 amide bonds. The molecule has 0 unspecified atom stereocenters. The Bertz CT molecular complexity index is 763. The second-order valence-electron chi connectivity index (χ2n) is 7.35. The number of ether oxygens (including phenoxy) is 1. The largest absolute Gasteiger partial charge is 0.444 e. The van der Waals surface area contributed by atoms with Crippen molar-refractivity contribution in [2.24, 2.45) is 0 Å². The van der Waals surface area contributed by atoms with Crippen LogP contribution >= 0.6 is 0 Å². The number of piperidine rings is 1. The quantitative estimate of drug-likeness (QED) is 0.832. The molecule has 0 atom stereocenters. The summed E-state index contributed by atoms with van der Waals surface area (Å²) in [5, 5.41) is 2.70. The molecule has 1 N–H and O–H groups in total. The molecular formula is C17H23F3N2O4S. The first-order valence-corrected chi connectivity index (χ1v) is 9.90. The number of carbonyl (C=O) groups is 1. The number of carbonyl (C=O) groups excluding carboxylic acids is 1. The number of alkyl carbamates (subject to hydrolysis) is 1. The third-order valence-corrected chi connectivity index (χ3v) is 5.91. The zero-order valence-electron chi connectivity index (χ0n) is 15.3. The van der Waals surface area contributed by atoms with Gasteiger partial charge in [0.25, 0.3) is 0 Å². The molecule has 1 aromatic rings. The molecule has 152 valence electrons. The van der Waals surface area contributed by atoms with Gasteiger partial charge in [0.15, 0.2) is 0 Å². The van der Waals surface area contributed by atoms with Gasteiger partial charge in [-0.1, -0.05) is 0 Å². The van der Waals surface area contributed by atoms with E-state index in [2.05, 4.69) is 5.32 Å². The van der Waals surface area contributed by atoms with Crippen LogP contribution in [0, 0.1) is 0 Å². The van der Waals surface area contributed by atoms with Gasteiger partial charge in [0.05, 0.1) is 10.5 Å². The predicted molar refractivity (Wildman–Crippen MR) is 92.6 cm³/mol. The molecule has 2 rings (SSSR count). The van der Waals surface area contributed by atoms with Crippen molar-refractivity contribution in [2.45, 2.75) is 56.3 Å². The number of amides is 1. The molecule has 0 saturated carbocycles. The van der Waals surface area contributed by atoms with Gasteiger partial charge in [-0.25, -0.2) is 13.2 Å². The van der Waals surface area contributed by atoms with E-state index < -0.39 is 33.5 Å². The molecule has 1 fully saturated rings. The summed E-state index contributed by atoms with van der Waals surface area (Å²) >= 11 is 0. The Morgan fingerprint density at radius 2 is 1.63 bits per heavy atom. The van der Waals surface area contributed by atoms with Gasteiger partial charge in [0.1, 0.15) is 5.60 Å². The molecule has 1 aliphatic rings. The van der Waals surface area contributed by atoms with Crippen molar-refractivity contribution in [3.63, 3.8) is 0 Å². The third kappa shape index (κ3) is 5.83. The van der Waals surface area contributed by atoms with E-state index in [9.17, 15) is 26.4 Å². The molecule has 0 aliphatic carbocycles. The Labute approximate surface area is 156 Å². The van der Waals surface area contributed by atoms with E-state index in [-0.39, 0.29) is 24.0 Å². The lowest BCUT2D eigenvalue weighted by Crippen LogP contribution is -2.47. The van der Waals surface area contributed by atoms with Crippen LogP contribution in [0.3, 0.4) is 0 Å². The van der Waals surface area contributed by atoms with Gasteiger partial charge in [0, 0.05) is 19.1 Å². The highest BCUT2D eigenvalue weighted by atomic mass is 32.2. The Balaban J connectivity index is 1.97. The van der Waals surface area contributed by atoms with Crippen LogP contribution in [-0.4, -0.2) is 43.5 Å². The van der Waals surface area contributed by atoms with Crippen LogP contribution in [0.1, 0.15) is 39.2 Å². The SMILES string of the molecule is CC(C)(C)OC(=O)NC1CCN(S(=O)(=O)c2ccc(C(F)(F)F)cc2)CC1. The number of halogens is 3. The van der Waals surface area contributed by atoms with Crippen molar-refractivity contribution in [1.82, 2.24) is 9.62 Å². The molecular weight excluding hydrogens is 385 g/mol. The zero-order chi connectivity index (χ0) is 20.5. The fraction of sp³-hybridized carbons (Fsp3) is 0.588. The maximum atomic E-state index is 12.6. The van der Waals surface area contributed by atoms with E-state index in [1.54, 1.807) is 20.8 Å². The van der Waals surface area contributed by atoms with Crippen LogP contribution in [0.15, 0.2) is 29.2 Å². The maximum Gasteiger partial charge on any atom is 0.416 e. The molecule has 1 saturated heterocycles. The second-order valence-corrected chi connectivity index (χ2v) is 9.28. The summed E-state index contributed by atoms with van der Waals surface area (Å²) < 4.78 is 69.4. The van der Waals surface area contributed by atoms with Crippen molar-refractivity contribution in [3.05, 3.63) is 29.8 Å². The van der Waals surface area contributed by atoms with Gasteiger partial charge in [-0.05, 0) is 57.9 Å². The van der Waals surface area contributed by atoms with Crippen molar-refractivity contribution in [1.29, 1.82) is 0 Å². The molecule has 1 heterocycles. The number of nitrogens with one attached hydrogen (secondary N) is 1. The number of hydrogen-bond donors (Lipinski definition) is 1. The highest BCUT2D eigenvalue weighted by Crippen LogP contribution is 2.30. The third-order valence-electron chi connectivity index (χ3n) is 3.99. The minimum Gasteiger partial charge on any atom is -0.444 e. The summed E-state index contributed by atoms with van der Waals surface area (Å²) in [5.74, 6) is 0. The first-order chi connectivity index (χ1) is 12.3. The normalized spacial score (nSPS) is 17.6. The molecule has 1 aliphatic heterocycles. The van der Waals surface area contributed by atoms with Crippen molar-refractivity contribution < 1.29 is 31.1 Å². The van der Waals surface area contributed by atoms with Crippen LogP contribution in [0.5, 0.6) is 0 Å². The van der Waals surface area contributed by atoms with Crippen molar-refractivity contribution in [2.75, 3.05) is 13.1 Å². The molecule has 0 aromatic heterocycles. The van der Waals surface area contributed by atoms with Gasteiger partial charge < -0.3 is 10.1 Å². The van der Waals surface area contributed by atoms with E-state index in [4.69, 9.17) is 4.74 Å². The Kier molecular flexibility index (Phi) is 6.10. The molecule has 0 radical (unpaired) electrons. The van der Waals surface area contributed by atoms with Gasteiger partial charge >= 0.3 is 12.3 Å². The summed E-state index contributed by atoms with van der Waals surface area (Å²) in [4.78, 5) is 11.6. The molecule has 6 nitrogen and oxygen atoms in total. The van der Waals surface area contributed by atoms with Crippen LogP contribution < -0.4 is 5.32 Å². The number of nitrogens with zero attached hydrogens (tertiary/aromatic N) is 1. The van der Waals surface area contributed by atoms with Crippen LogP contribution in [-0.2, 0) is 20.9 Å². The Morgan fingerprint density at radius 1 is 1.11 bits per heavy atom. The van der Waals surface area contributed by atoms with E-state index >= 15 is 0 Å². The van der Waals surface area contributed by atoms with Crippen LogP contribution in [0.25, 0.3) is 0 Å². The van der Waals surface area contributed by atoms with Gasteiger partial charge in [-0.3, -0.25) is 0 Å². The lowest BCUT2D eigenvalue weighted by atomic mass is 10.1. The number of hydrogen-bond acceptors (Lipinski definition) is 4. The van der Waals surface area contributed by atoms with Crippen molar-refractivity contribution >= 4 is 16.1 Å². The number of sulfonamides is 1. The van der Waals surface area contributed by atoms with Gasteiger partial charge in [-0.2, -0.15) is 17.5 Å². The number of rotatable bonds is 3. The average molecular weight is 408 g/mol. The summed E-state index contributed by atoms with van der Waals surface area (Å²) in [6, 6.07) is 3.21. The first-order valence-electron chi connectivity index (χ1n) is 8.46. The smallest absolute Gasteiger partial charge is 0.416 e. The summed E-state index contributed by atoms with van der Waals surface area (Å²) in [7, 11) is -3.88. The van der Waals surface area contributed by atoms with E-state index in [0.717, 1.165) is 24.3 Å². The standard InChI is InChI=1S/C17H23F3N2O4S/c1-16(2,3)26-15(23)21-13-8-10-22(11-9-13)27(24,25)14-6-4-12(5-7-14)17(18,19)20/h4-7,13H,8-11H2,1-3H3,(H,21,23). The summed E-state index contributed by atoms with van der Waals surface area (Å²) in [5.41, 5.74) is -1.53. The molecule has 0 spiro atoms. The number of benzene rings is 1. The predicted octanol–water partition coefficient (Wildman–Crippen LogP) is 3.38. The highest BCUT2D eigenvalue weighted by Gasteiger charge is 2.33. The Hall–Kier alpha value is -1.81. The van der Waals surface area contributed by atoms with Gasteiger partial charge in [-0.15, -0.1) is 0 Å². The zero-order valence-corrected chi connectivity index (χ0v) is 16.2. The second kappa shape index (κ2) is 7.67. The number of alkyl halides is 3. The summed E-state index contributed by atoms with van der Waals surface area (Å²) in [6.45, 7) is 5.54. The lowest BCUT2D eigenvalue weighted by Gasteiger charge is -2.32.